The first-order chi connectivity index (χ1) is 8.78. The second-order valence-corrected chi connectivity index (χ2v) is 6.60. The Morgan fingerprint density at radius 1 is 1.58 bits per heavy atom. The van der Waals surface area contributed by atoms with Gasteiger partial charge in [-0.2, -0.15) is 0 Å². The third-order valence-corrected chi connectivity index (χ3v) is 5.26. The van der Waals surface area contributed by atoms with Gasteiger partial charge in [0.25, 0.3) is 0 Å². The summed E-state index contributed by atoms with van der Waals surface area (Å²) in [6, 6.07) is 0. The molecule has 0 radical (unpaired) electrons. The molecule has 0 aromatic carbocycles. The molecular formula is C15H20O4. The van der Waals surface area contributed by atoms with E-state index in [2.05, 4.69) is 6.92 Å². The lowest BCUT2D eigenvalue weighted by Gasteiger charge is -2.30. The highest BCUT2D eigenvalue weighted by Gasteiger charge is 2.68. The van der Waals surface area contributed by atoms with Gasteiger partial charge in [-0.1, -0.05) is 13.0 Å². The first-order valence-corrected chi connectivity index (χ1v) is 6.95. The standard InChI is InChI=1S/C15H20O4/c1-8(16)4-5-10-12-6-11-9(2)13(17)19-15(11,18)7-14(10,12)3/h6,9-10,12,18H,4-5,7H2,1-3H3/t9?,10-,12-,14+,15-/m1/s1. The molecule has 0 aromatic heterocycles. The molecule has 19 heavy (non-hydrogen) atoms. The fraction of sp³-hybridized carbons (Fsp3) is 0.733. The lowest BCUT2D eigenvalue weighted by Crippen LogP contribution is -2.36. The zero-order chi connectivity index (χ0) is 14.0. The van der Waals surface area contributed by atoms with Crippen LogP contribution in [0.25, 0.3) is 0 Å². The number of ether oxygens (including phenoxy) is 1. The topological polar surface area (TPSA) is 63.6 Å². The lowest BCUT2D eigenvalue weighted by atomic mass is 9.82. The molecule has 0 aromatic rings. The molecule has 5 atom stereocenters. The van der Waals surface area contributed by atoms with Crippen molar-refractivity contribution >= 4 is 11.8 Å². The molecule has 4 nitrogen and oxygen atoms in total. The van der Waals surface area contributed by atoms with Crippen LogP contribution in [0.4, 0.5) is 0 Å². The number of esters is 1. The average molecular weight is 264 g/mol. The Morgan fingerprint density at radius 3 is 2.89 bits per heavy atom. The molecule has 2 fully saturated rings. The van der Waals surface area contributed by atoms with Gasteiger partial charge in [0.05, 0.1) is 5.92 Å². The van der Waals surface area contributed by atoms with E-state index < -0.39 is 5.79 Å². The molecule has 4 heteroatoms. The van der Waals surface area contributed by atoms with Crippen LogP contribution in [0.5, 0.6) is 0 Å². The van der Waals surface area contributed by atoms with E-state index in [9.17, 15) is 14.7 Å². The Balaban J connectivity index is 1.83. The van der Waals surface area contributed by atoms with Crippen molar-refractivity contribution in [3.63, 3.8) is 0 Å². The number of aliphatic hydroxyl groups is 1. The Morgan fingerprint density at radius 2 is 2.26 bits per heavy atom. The van der Waals surface area contributed by atoms with Gasteiger partial charge in [0.2, 0.25) is 5.79 Å². The van der Waals surface area contributed by atoms with Crippen molar-refractivity contribution in [2.75, 3.05) is 0 Å². The van der Waals surface area contributed by atoms with Crippen LogP contribution < -0.4 is 0 Å². The summed E-state index contributed by atoms with van der Waals surface area (Å²) < 4.78 is 5.18. The van der Waals surface area contributed by atoms with Crippen LogP contribution >= 0.6 is 0 Å². The number of carbonyl (C=O) groups excluding carboxylic acids is 2. The van der Waals surface area contributed by atoms with Crippen molar-refractivity contribution in [1.29, 1.82) is 0 Å². The highest BCUT2D eigenvalue weighted by Crippen LogP contribution is 2.69. The van der Waals surface area contributed by atoms with Crippen molar-refractivity contribution in [2.45, 2.75) is 45.8 Å². The van der Waals surface area contributed by atoms with Gasteiger partial charge in [-0.25, -0.2) is 0 Å². The molecule has 3 rings (SSSR count). The first kappa shape index (κ1) is 12.9. The summed E-state index contributed by atoms with van der Waals surface area (Å²) >= 11 is 0. The van der Waals surface area contributed by atoms with Crippen LogP contribution in [0.15, 0.2) is 11.6 Å². The van der Waals surface area contributed by atoms with E-state index in [0.29, 0.717) is 24.7 Å². The van der Waals surface area contributed by atoms with Gasteiger partial charge in [-0.05, 0) is 37.5 Å². The minimum Gasteiger partial charge on any atom is -0.429 e. The van der Waals surface area contributed by atoms with Crippen molar-refractivity contribution < 1.29 is 19.4 Å². The first-order valence-electron chi connectivity index (χ1n) is 6.95. The van der Waals surface area contributed by atoms with Gasteiger partial charge in [0, 0.05) is 18.4 Å². The van der Waals surface area contributed by atoms with Crippen LogP contribution in [0.3, 0.4) is 0 Å². The smallest absolute Gasteiger partial charge is 0.315 e. The fourth-order valence-corrected chi connectivity index (χ4v) is 4.02. The highest BCUT2D eigenvalue weighted by molar-refractivity contribution is 5.80. The van der Waals surface area contributed by atoms with Gasteiger partial charge >= 0.3 is 5.97 Å². The Kier molecular flexibility index (Phi) is 2.50. The number of rotatable bonds is 3. The van der Waals surface area contributed by atoms with Crippen molar-refractivity contribution in [2.24, 2.45) is 23.2 Å². The minimum atomic E-state index is -1.40. The van der Waals surface area contributed by atoms with E-state index in [4.69, 9.17) is 4.74 Å². The highest BCUT2D eigenvalue weighted by atomic mass is 16.7. The number of ketones is 1. The van der Waals surface area contributed by atoms with Gasteiger partial charge in [0.1, 0.15) is 5.78 Å². The van der Waals surface area contributed by atoms with Gasteiger partial charge in [-0.3, -0.25) is 4.79 Å². The summed E-state index contributed by atoms with van der Waals surface area (Å²) in [6.45, 7) is 5.51. The molecule has 104 valence electrons. The second kappa shape index (κ2) is 3.69. The van der Waals surface area contributed by atoms with Crippen molar-refractivity contribution in [1.82, 2.24) is 0 Å². The zero-order valence-corrected chi connectivity index (χ0v) is 11.6. The Bertz CT molecular complexity index is 494. The van der Waals surface area contributed by atoms with Crippen LogP contribution in [0, 0.1) is 23.2 Å². The third-order valence-electron chi connectivity index (χ3n) is 5.26. The third kappa shape index (κ3) is 1.69. The molecule has 1 saturated carbocycles. The van der Waals surface area contributed by atoms with E-state index >= 15 is 0 Å². The summed E-state index contributed by atoms with van der Waals surface area (Å²) in [4.78, 5) is 22.7. The quantitative estimate of drug-likeness (QED) is 0.624. The number of hydrogen-bond acceptors (Lipinski definition) is 4. The Hall–Kier alpha value is -1.16. The lowest BCUT2D eigenvalue weighted by molar-refractivity contribution is -0.186. The van der Waals surface area contributed by atoms with Gasteiger partial charge < -0.3 is 14.6 Å². The largest absolute Gasteiger partial charge is 0.429 e. The van der Waals surface area contributed by atoms with Gasteiger partial charge in [0.15, 0.2) is 0 Å². The van der Waals surface area contributed by atoms with E-state index in [0.717, 1.165) is 12.0 Å². The maximum absolute atomic E-state index is 11.6. The van der Waals surface area contributed by atoms with Crippen LogP contribution in [-0.2, 0) is 14.3 Å². The normalized spacial score (nSPS) is 47.1. The molecule has 3 aliphatic rings. The minimum absolute atomic E-state index is 0.0297. The SMILES string of the molecule is CC(=O)CC[C@@H]1[C@H]2C=C3C(C)C(=O)O[C@]3(O)C[C@]21C. The van der Waals surface area contributed by atoms with E-state index in [1.165, 1.54) is 0 Å². The molecule has 2 aliphatic carbocycles. The van der Waals surface area contributed by atoms with Crippen molar-refractivity contribution in [3.05, 3.63) is 11.6 Å². The summed E-state index contributed by atoms with van der Waals surface area (Å²) in [5.74, 6) is -1.07. The summed E-state index contributed by atoms with van der Waals surface area (Å²) in [6.07, 6.45) is 3.95. The molecule has 1 saturated heterocycles. The molecular weight excluding hydrogens is 244 g/mol. The molecule has 1 unspecified atom stereocenters. The molecule has 1 heterocycles. The van der Waals surface area contributed by atoms with Crippen LogP contribution in [0.2, 0.25) is 0 Å². The summed E-state index contributed by atoms with van der Waals surface area (Å²) in [5, 5.41) is 10.5. The van der Waals surface area contributed by atoms with E-state index in [1.54, 1.807) is 13.8 Å². The number of carbonyl (C=O) groups is 2. The van der Waals surface area contributed by atoms with E-state index in [-0.39, 0.29) is 23.1 Å². The second-order valence-electron chi connectivity index (χ2n) is 6.60. The predicted octanol–water partition coefficient (Wildman–Crippen LogP) is 1.82. The molecule has 0 amide bonds. The monoisotopic (exact) mass is 264 g/mol. The molecule has 1 N–H and O–H groups in total. The molecule has 0 bridgehead atoms. The molecule has 1 aliphatic heterocycles. The van der Waals surface area contributed by atoms with Gasteiger partial charge in [-0.15, -0.1) is 0 Å². The van der Waals surface area contributed by atoms with Crippen LogP contribution in [-0.4, -0.2) is 22.6 Å². The zero-order valence-electron chi connectivity index (χ0n) is 11.6. The maximum atomic E-state index is 11.6. The number of Topliss-reactive ketones (excluding diaryl/α,β-unsaturated/α-hetero) is 1. The molecule has 0 spiro atoms. The summed E-state index contributed by atoms with van der Waals surface area (Å²) in [7, 11) is 0. The predicted molar refractivity (Wildman–Crippen MR) is 67.9 cm³/mol. The number of hydrogen-bond donors (Lipinski definition) is 1. The van der Waals surface area contributed by atoms with Crippen molar-refractivity contribution in [3.8, 4) is 0 Å². The average Bonchev–Trinajstić information content (AvgIpc) is 2.77. The number of allylic oxidation sites excluding steroid dienone is 1. The summed E-state index contributed by atoms with van der Waals surface area (Å²) in [5.41, 5.74) is 0.697. The van der Waals surface area contributed by atoms with Crippen LogP contribution in [0.1, 0.15) is 40.0 Å². The number of fused-ring (bicyclic) bond motifs is 2. The van der Waals surface area contributed by atoms with E-state index in [1.807, 2.05) is 6.08 Å². The fourth-order valence-electron chi connectivity index (χ4n) is 4.02. The Labute approximate surface area is 112 Å². The maximum Gasteiger partial charge on any atom is 0.315 e.